The van der Waals surface area contributed by atoms with Crippen LogP contribution in [0.15, 0.2) is 18.2 Å². The number of nitrogens with one attached hydrogen (secondary N) is 1. The van der Waals surface area contributed by atoms with Gasteiger partial charge in [-0.3, -0.25) is 0 Å². The zero-order chi connectivity index (χ0) is 10.8. The van der Waals surface area contributed by atoms with Crippen LogP contribution in [0.2, 0.25) is 5.02 Å². The molecule has 0 radical (unpaired) electrons. The molecule has 1 saturated heterocycles. The van der Waals surface area contributed by atoms with Gasteiger partial charge in [-0.1, -0.05) is 18.5 Å². The van der Waals surface area contributed by atoms with Gasteiger partial charge in [0.05, 0.1) is 0 Å². The van der Waals surface area contributed by atoms with Crippen LogP contribution < -0.4 is 5.32 Å². The maximum atomic E-state index is 13.1. The van der Waals surface area contributed by atoms with Crippen LogP contribution >= 0.6 is 23.4 Å². The monoisotopic (exact) mass is 245 g/mol. The van der Waals surface area contributed by atoms with Gasteiger partial charge in [0.15, 0.2) is 0 Å². The summed E-state index contributed by atoms with van der Waals surface area (Å²) in [6.45, 7) is 2.19. The summed E-state index contributed by atoms with van der Waals surface area (Å²) in [5.74, 6) is 0.880. The van der Waals surface area contributed by atoms with Gasteiger partial charge in [0.1, 0.15) is 5.82 Å². The summed E-state index contributed by atoms with van der Waals surface area (Å²) in [6.07, 6.45) is 1.12. The van der Waals surface area contributed by atoms with Crippen molar-refractivity contribution in [3.63, 3.8) is 0 Å². The Labute approximate surface area is 98.4 Å². The molecule has 1 aliphatic heterocycles. The Hall–Kier alpha value is -0.410. The van der Waals surface area contributed by atoms with Crippen molar-refractivity contribution in [1.82, 2.24) is 0 Å². The largest absolute Gasteiger partial charge is 0.381 e. The SMILES string of the molecule is CC1SCCC1Nc1cc(F)cc(Cl)c1. The van der Waals surface area contributed by atoms with Crippen LogP contribution in [0, 0.1) is 5.82 Å². The van der Waals surface area contributed by atoms with Crippen LogP contribution in [-0.2, 0) is 0 Å². The van der Waals surface area contributed by atoms with Gasteiger partial charge in [-0.05, 0) is 30.4 Å². The molecule has 1 aromatic carbocycles. The van der Waals surface area contributed by atoms with Crippen molar-refractivity contribution in [2.24, 2.45) is 0 Å². The Morgan fingerprint density at radius 3 is 2.87 bits per heavy atom. The summed E-state index contributed by atoms with van der Waals surface area (Å²) in [5, 5.41) is 4.34. The van der Waals surface area contributed by atoms with Gasteiger partial charge in [-0.25, -0.2) is 4.39 Å². The summed E-state index contributed by atoms with van der Waals surface area (Å²) < 4.78 is 13.1. The van der Waals surface area contributed by atoms with E-state index < -0.39 is 0 Å². The minimum Gasteiger partial charge on any atom is -0.381 e. The molecule has 15 heavy (non-hydrogen) atoms. The number of halogens is 2. The molecule has 0 saturated carbocycles. The molecule has 1 N–H and O–H groups in total. The van der Waals surface area contributed by atoms with E-state index in [2.05, 4.69) is 12.2 Å². The Morgan fingerprint density at radius 1 is 1.47 bits per heavy atom. The average Bonchev–Trinajstić information content (AvgIpc) is 2.50. The fourth-order valence-electron chi connectivity index (χ4n) is 1.77. The standard InChI is InChI=1S/C11H13ClFNS/c1-7-11(2-3-15-7)14-10-5-8(12)4-9(13)6-10/h4-7,11,14H,2-3H2,1H3. The van der Waals surface area contributed by atoms with Crippen molar-refractivity contribution in [3.05, 3.63) is 29.0 Å². The number of benzene rings is 1. The van der Waals surface area contributed by atoms with Crippen molar-refractivity contribution < 1.29 is 4.39 Å². The number of anilines is 1. The van der Waals surface area contributed by atoms with E-state index in [1.54, 1.807) is 6.07 Å². The summed E-state index contributed by atoms with van der Waals surface area (Å²) in [5.41, 5.74) is 0.777. The lowest BCUT2D eigenvalue weighted by atomic mass is 10.1. The maximum Gasteiger partial charge on any atom is 0.126 e. The minimum absolute atomic E-state index is 0.289. The van der Waals surface area contributed by atoms with Crippen LogP contribution in [-0.4, -0.2) is 17.0 Å². The van der Waals surface area contributed by atoms with Gasteiger partial charge in [0.2, 0.25) is 0 Å². The highest BCUT2D eigenvalue weighted by molar-refractivity contribution is 8.00. The van der Waals surface area contributed by atoms with Crippen molar-refractivity contribution in [2.45, 2.75) is 24.6 Å². The molecule has 0 aliphatic carbocycles. The number of rotatable bonds is 2. The summed E-state index contributed by atoms with van der Waals surface area (Å²) in [6, 6.07) is 4.99. The third-order valence-corrected chi connectivity index (χ3v) is 4.13. The van der Waals surface area contributed by atoms with Gasteiger partial charge >= 0.3 is 0 Å². The second-order valence-corrected chi connectivity index (χ2v) is 5.70. The summed E-state index contributed by atoms with van der Waals surface area (Å²) in [7, 11) is 0. The molecule has 1 aromatic rings. The number of thioether (sulfide) groups is 1. The van der Waals surface area contributed by atoms with Crippen molar-refractivity contribution in [2.75, 3.05) is 11.1 Å². The smallest absolute Gasteiger partial charge is 0.126 e. The highest BCUT2D eigenvalue weighted by atomic mass is 35.5. The molecule has 0 bridgehead atoms. The van der Waals surface area contributed by atoms with Crippen LogP contribution in [0.4, 0.5) is 10.1 Å². The Balaban J connectivity index is 2.10. The predicted molar refractivity (Wildman–Crippen MR) is 65.4 cm³/mol. The molecule has 1 fully saturated rings. The van der Waals surface area contributed by atoms with Crippen molar-refractivity contribution in [1.29, 1.82) is 0 Å². The maximum absolute atomic E-state index is 13.1. The third-order valence-electron chi connectivity index (χ3n) is 2.59. The third kappa shape index (κ3) is 2.79. The van der Waals surface area contributed by atoms with E-state index >= 15 is 0 Å². The van der Waals surface area contributed by atoms with Crippen LogP contribution in [0.5, 0.6) is 0 Å². The number of hydrogen-bond acceptors (Lipinski definition) is 2. The molecule has 1 nitrogen and oxygen atoms in total. The van der Waals surface area contributed by atoms with Gasteiger partial charge < -0.3 is 5.32 Å². The van der Waals surface area contributed by atoms with Gasteiger partial charge in [-0.15, -0.1) is 0 Å². The molecule has 1 heterocycles. The average molecular weight is 246 g/mol. The summed E-state index contributed by atoms with van der Waals surface area (Å²) in [4.78, 5) is 0. The molecule has 0 amide bonds. The van der Waals surface area contributed by atoms with E-state index in [0.717, 1.165) is 12.1 Å². The van der Waals surface area contributed by atoms with E-state index in [9.17, 15) is 4.39 Å². The highest BCUT2D eigenvalue weighted by Crippen LogP contribution is 2.29. The zero-order valence-electron chi connectivity index (χ0n) is 8.47. The lowest BCUT2D eigenvalue weighted by Crippen LogP contribution is -2.24. The van der Waals surface area contributed by atoms with Gasteiger partial charge in [0, 0.05) is 22.0 Å². The second kappa shape index (κ2) is 4.62. The van der Waals surface area contributed by atoms with E-state index in [1.807, 2.05) is 11.8 Å². The Morgan fingerprint density at radius 2 is 2.27 bits per heavy atom. The second-order valence-electron chi connectivity index (χ2n) is 3.77. The molecule has 2 rings (SSSR count). The molecule has 2 unspecified atom stereocenters. The zero-order valence-corrected chi connectivity index (χ0v) is 10.0. The van der Waals surface area contributed by atoms with E-state index in [4.69, 9.17) is 11.6 Å². The first kappa shape index (κ1) is 11.1. The summed E-state index contributed by atoms with van der Waals surface area (Å²) >= 11 is 7.73. The predicted octanol–water partition coefficient (Wildman–Crippen LogP) is 3.79. The minimum atomic E-state index is -0.289. The molecule has 1 aliphatic rings. The molecule has 4 heteroatoms. The molecule has 82 valence electrons. The van der Waals surface area contributed by atoms with Gasteiger partial charge in [0.25, 0.3) is 0 Å². The van der Waals surface area contributed by atoms with Crippen LogP contribution in [0.3, 0.4) is 0 Å². The molecule has 2 atom stereocenters. The molecule has 0 spiro atoms. The lowest BCUT2D eigenvalue weighted by Gasteiger charge is -2.18. The van der Waals surface area contributed by atoms with Crippen LogP contribution in [0.25, 0.3) is 0 Å². The van der Waals surface area contributed by atoms with Crippen LogP contribution in [0.1, 0.15) is 13.3 Å². The first-order chi connectivity index (χ1) is 7.15. The molecule has 0 aromatic heterocycles. The van der Waals surface area contributed by atoms with E-state index in [0.29, 0.717) is 16.3 Å². The molecular formula is C11H13ClFNS. The molecular weight excluding hydrogens is 233 g/mol. The quantitative estimate of drug-likeness (QED) is 0.851. The topological polar surface area (TPSA) is 12.0 Å². The Bertz CT molecular complexity index is 338. The van der Waals surface area contributed by atoms with E-state index in [1.165, 1.54) is 17.9 Å². The van der Waals surface area contributed by atoms with Gasteiger partial charge in [-0.2, -0.15) is 11.8 Å². The number of hydrogen-bond donors (Lipinski definition) is 1. The Kier molecular flexibility index (Phi) is 3.42. The highest BCUT2D eigenvalue weighted by Gasteiger charge is 2.23. The van der Waals surface area contributed by atoms with Crippen molar-refractivity contribution in [3.8, 4) is 0 Å². The van der Waals surface area contributed by atoms with Crippen molar-refractivity contribution >= 4 is 29.1 Å². The fourth-order valence-corrected chi connectivity index (χ4v) is 3.19. The normalized spacial score (nSPS) is 25.5. The first-order valence-corrected chi connectivity index (χ1v) is 6.42. The lowest BCUT2D eigenvalue weighted by molar-refractivity contribution is 0.627. The van der Waals surface area contributed by atoms with E-state index in [-0.39, 0.29) is 5.82 Å². The fraction of sp³-hybridized carbons (Fsp3) is 0.455. The first-order valence-electron chi connectivity index (χ1n) is 4.99.